The molecule has 1 rings (SSSR count). The van der Waals surface area contributed by atoms with Gasteiger partial charge in [-0.3, -0.25) is 10.1 Å². The van der Waals surface area contributed by atoms with Crippen LogP contribution in [0.4, 0.5) is 16.2 Å². The van der Waals surface area contributed by atoms with Gasteiger partial charge in [-0.1, -0.05) is 19.9 Å². The molecular formula is C12H17N3O3. The number of nitrogens with one attached hydrogen (secondary N) is 2. The van der Waals surface area contributed by atoms with Gasteiger partial charge in [0.2, 0.25) is 0 Å². The largest absolute Gasteiger partial charge is 0.335 e. The number of carbonyl (C=O) groups is 1. The Bertz CT molecular complexity index is 446. The standard InChI is InChI=1S/C12H17N3O3/c1-8(2)9(3)13-12(16)14-10-5-4-6-11(7-10)15(17)18/h4-9H,1-3H3,(H2,13,14,16). The summed E-state index contributed by atoms with van der Waals surface area (Å²) in [5.41, 5.74) is 0.349. The summed E-state index contributed by atoms with van der Waals surface area (Å²) in [6.07, 6.45) is 0. The minimum absolute atomic E-state index is 0.0312. The van der Waals surface area contributed by atoms with Crippen molar-refractivity contribution in [3.63, 3.8) is 0 Å². The third kappa shape index (κ3) is 4.04. The first kappa shape index (κ1) is 14.0. The van der Waals surface area contributed by atoms with Crippen molar-refractivity contribution >= 4 is 17.4 Å². The highest BCUT2D eigenvalue weighted by Crippen LogP contribution is 2.16. The van der Waals surface area contributed by atoms with E-state index in [4.69, 9.17) is 0 Å². The summed E-state index contributed by atoms with van der Waals surface area (Å²) in [4.78, 5) is 21.7. The van der Waals surface area contributed by atoms with Crippen LogP contribution >= 0.6 is 0 Å². The highest BCUT2D eigenvalue weighted by atomic mass is 16.6. The van der Waals surface area contributed by atoms with Gasteiger partial charge in [0.05, 0.1) is 4.92 Å². The Kier molecular flexibility index (Phi) is 4.65. The minimum atomic E-state index is -0.500. The van der Waals surface area contributed by atoms with E-state index < -0.39 is 4.92 Å². The van der Waals surface area contributed by atoms with Gasteiger partial charge in [-0.2, -0.15) is 0 Å². The van der Waals surface area contributed by atoms with Crippen LogP contribution in [0.25, 0.3) is 0 Å². The number of anilines is 1. The lowest BCUT2D eigenvalue weighted by Crippen LogP contribution is -2.38. The first-order valence-corrected chi connectivity index (χ1v) is 5.72. The van der Waals surface area contributed by atoms with Crippen LogP contribution in [0, 0.1) is 16.0 Å². The molecule has 98 valence electrons. The van der Waals surface area contributed by atoms with Gasteiger partial charge in [-0.15, -0.1) is 0 Å². The van der Waals surface area contributed by atoms with E-state index in [9.17, 15) is 14.9 Å². The molecule has 1 aromatic carbocycles. The quantitative estimate of drug-likeness (QED) is 0.637. The second-order valence-corrected chi connectivity index (χ2v) is 4.44. The zero-order valence-electron chi connectivity index (χ0n) is 10.6. The van der Waals surface area contributed by atoms with Gasteiger partial charge in [-0.05, 0) is 18.9 Å². The van der Waals surface area contributed by atoms with Crippen LogP contribution in [0.5, 0.6) is 0 Å². The lowest BCUT2D eigenvalue weighted by molar-refractivity contribution is -0.384. The zero-order chi connectivity index (χ0) is 13.7. The van der Waals surface area contributed by atoms with Crippen molar-refractivity contribution in [2.75, 3.05) is 5.32 Å². The molecule has 6 heteroatoms. The molecule has 2 N–H and O–H groups in total. The van der Waals surface area contributed by atoms with E-state index in [0.717, 1.165) is 0 Å². The maximum Gasteiger partial charge on any atom is 0.319 e. The number of hydrogen-bond donors (Lipinski definition) is 2. The second-order valence-electron chi connectivity index (χ2n) is 4.44. The molecule has 18 heavy (non-hydrogen) atoms. The lowest BCUT2D eigenvalue weighted by Gasteiger charge is -2.17. The normalized spacial score (nSPS) is 12.0. The molecular weight excluding hydrogens is 234 g/mol. The van der Waals surface area contributed by atoms with Crippen molar-refractivity contribution in [2.24, 2.45) is 5.92 Å². The maximum atomic E-state index is 11.6. The summed E-state index contributed by atoms with van der Waals surface area (Å²) in [5.74, 6) is 0.320. The summed E-state index contributed by atoms with van der Waals surface area (Å²) in [5, 5.41) is 15.9. The third-order valence-corrected chi connectivity index (χ3v) is 2.67. The Balaban J connectivity index is 2.65. The van der Waals surface area contributed by atoms with Crippen molar-refractivity contribution in [1.82, 2.24) is 5.32 Å². The first-order valence-electron chi connectivity index (χ1n) is 5.72. The average Bonchev–Trinajstić information content (AvgIpc) is 2.28. The number of urea groups is 1. The van der Waals surface area contributed by atoms with Crippen LogP contribution in [0.2, 0.25) is 0 Å². The number of benzene rings is 1. The molecule has 6 nitrogen and oxygen atoms in total. The molecule has 0 spiro atoms. The molecule has 0 fully saturated rings. The van der Waals surface area contributed by atoms with Crippen LogP contribution in [0.1, 0.15) is 20.8 Å². The topological polar surface area (TPSA) is 84.3 Å². The van der Waals surface area contributed by atoms with Crippen LogP contribution in [-0.4, -0.2) is 17.0 Å². The van der Waals surface area contributed by atoms with Gasteiger partial charge in [-0.25, -0.2) is 4.79 Å². The number of nitrogens with zero attached hydrogens (tertiary/aromatic N) is 1. The van der Waals surface area contributed by atoms with Crippen LogP contribution in [0.15, 0.2) is 24.3 Å². The van der Waals surface area contributed by atoms with Crippen LogP contribution < -0.4 is 10.6 Å². The van der Waals surface area contributed by atoms with Crippen molar-refractivity contribution in [3.05, 3.63) is 34.4 Å². The summed E-state index contributed by atoms with van der Waals surface area (Å²) < 4.78 is 0. The highest BCUT2D eigenvalue weighted by molar-refractivity contribution is 5.89. The molecule has 0 heterocycles. The van der Waals surface area contributed by atoms with E-state index >= 15 is 0 Å². The number of rotatable bonds is 4. The minimum Gasteiger partial charge on any atom is -0.335 e. The number of nitro groups is 1. The van der Waals surface area contributed by atoms with Gasteiger partial charge < -0.3 is 10.6 Å². The number of non-ortho nitro benzene ring substituents is 1. The molecule has 0 bridgehead atoms. The van der Waals surface area contributed by atoms with Crippen molar-refractivity contribution in [2.45, 2.75) is 26.8 Å². The lowest BCUT2D eigenvalue weighted by atomic mass is 10.1. The average molecular weight is 251 g/mol. The summed E-state index contributed by atoms with van der Waals surface area (Å²) in [6.45, 7) is 5.90. The predicted molar refractivity (Wildman–Crippen MR) is 69.6 cm³/mol. The van der Waals surface area contributed by atoms with Crippen LogP contribution in [-0.2, 0) is 0 Å². The summed E-state index contributed by atoms with van der Waals surface area (Å²) in [6, 6.07) is 5.49. The molecule has 0 aliphatic carbocycles. The summed E-state index contributed by atoms with van der Waals surface area (Å²) >= 11 is 0. The molecule has 0 radical (unpaired) electrons. The molecule has 0 aliphatic heterocycles. The number of amides is 2. The smallest absolute Gasteiger partial charge is 0.319 e. The highest BCUT2D eigenvalue weighted by Gasteiger charge is 2.12. The van der Waals surface area contributed by atoms with Crippen molar-refractivity contribution in [3.8, 4) is 0 Å². The first-order chi connectivity index (χ1) is 8.40. The monoisotopic (exact) mass is 251 g/mol. The second kappa shape index (κ2) is 6.00. The third-order valence-electron chi connectivity index (χ3n) is 2.67. The van der Waals surface area contributed by atoms with E-state index in [1.54, 1.807) is 6.07 Å². The van der Waals surface area contributed by atoms with Gasteiger partial charge in [0, 0.05) is 23.9 Å². The van der Waals surface area contributed by atoms with E-state index in [2.05, 4.69) is 10.6 Å². The molecule has 1 atom stereocenters. The van der Waals surface area contributed by atoms with E-state index in [0.29, 0.717) is 11.6 Å². The molecule has 0 saturated carbocycles. The fourth-order valence-electron chi connectivity index (χ4n) is 1.24. The van der Waals surface area contributed by atoms with Crippen LogP contribution in [0.3, 0.4) is 0 Å². The number of nitro benzene ring substituents is 1. The Hall–Kier alpha value is -2.11. The Morgan fingerprint density at radius 2 is 2.00 bits per heavy atom. The fourth-order valence-corrected chi connectivity index (χ4v) is 1.24. The van der Waals surface area contributed by atoms with Gasteiger partial charge in [0.25, 0.3) is 5.69 Å². The molecule has 0 aromatic heterocycles. The van der Waals surface area contributed by atoms with E-state index in [-0.39, 0.29) is 17.8 Å². The Morgan fingerprint density at radius 3 is 2.56 bits per heavy atom. The van der Waals surface area contributed by atoms with Gasteiger partial charge in [0.15, 0.2) is 0 Å². The molecule has 0 saturated heterocycles. The predicted octanol–water partition coefficient (Wildman–Crippen LogP) is 2.76. The van der Waals surface area contributed by atoms with Crippen molar-refractivity contribution in [1.29, 1.82) is 0 Å². The van der Waals surface area contributed by atoms with E-state index in [1.807, 2.05) is 20.8 Å². The van der Waals surface area contributed by atoms with E-state index in [1.165, 1.54) is 18.2 Å². The van der Waals surface area contributed by atoms with Gasteiger partial charge in [0.1, 0.15) is 0 Å². The molecule has 1 aromatic rings. The number of carbonyl (C=O) groups excluding carboxylic acids is 1. The maximum absolute atomic E-state index is 11.6. The zero-order valence-corrected chi connectivity index (χ0v) is 10.6. The summed E-state index contributed by atoms with van der Waals surface area (Å²) in [7, 11) is 0. The van der Waals surface area contributed by atoms with Gasteiger partial charge >= 0.3 is 6.03 Å². The molecule has 1 unspecified atom stereocenters. The molecule has 2 amide bonds. The SMILES string of the molecule is CC(C)C(C)NC(=O)Nc1cccc([N+](=O)[O-])c1. The number of hydrogen-bond acceptors (Lipinski definition) is 3. The Morgan fingerprint density at radius 1 is 1.33 bits per heavy atom. The Labute approximate surface area is 106 Å². The molecule has 0 aliphatic rings. The van der Waals surface area contributed by atoms with Crippen molar-refractivity contribution < 1.29 is 9.72 Å². The fraction of sp³-hybridized carbons (Fsp3) is 0.417.